The summed E-state index contributed by atoms with van der Waals surface area (Å²) in [5.74, 6) is 0.395. The van der Waals surface area contributed by atoms with Gasteiger partial charge >= 0.3 is 6.03 Å². The van der Waals surface area contributed by atoms with Crippen molar-refractivity contribution >= 4 is 12.0 Å². The van der Waals surface area contributed by atoms with E-state index < -0.39 is 0 Å². The first kappa shape index (κ1) is 16.0. The predicted octanol–water partition coefficient (Wildman–Crippen LogP) is 1.96. The minimum Gasteiger partial charge on any atom is -0.331 e. The van der Waals surface area contributed by atoms with E-state index in [-0.39, 0.29) is 17.6 Å². The van der Waals surface area contributed by atoms with Crippen molar-refractivity contribution in [3.8, 4) is 0 Å². The summed E-state index contributed by atoms with van der Waals surface area (Å²) < 4.78 is 3.41. The van der Waals surface area contributed by atoms with Gasteiger partial charge < -0.3 is 5.32 Å². The van der Waals surface area contributed by atoms with Crippen LogP contribution >= 0.6 is 0 Å². The Kier molecular flexibility index (Phi) is 4.20. The molecule has 2 aromatic heterocycles. The number of carbonyl (C=O) groups is 1. The van der Waals surface area contributed by atoms with Crippen molar-refractivity contribution in [3.05, 3.63) is 23.8 Å². The van der Waals surface area contributed by atoms with Crippen LogP contribution in [0, 0.1) is 6.92 Å². The first-order valence-corrected chi connectivity index (χ1v) is 7.16. The molecule has 0 aliphatic heterocycles. The Labute approximate surface area is 129 Å². The first-order valence-electron chi connectivity index (χ1n) is 7.16. The number of nitrogens with one attached hydrogen (secondary N) is 2. The van der Waals surface area contributed by atoms with Crippen molar-refractivity contribution in [1.29, 1.82) is 0 Å². The third-order valence-corrected chi connectivity index (χ3v) is 3.38. The van der Waals surface area contributed by atoms with Gasteiger partial charge in [0.1, 0.15) is 6.33 Å². The van der Waals surface area contributed by atoms with Gasteiger partial charge in [-0.2, -0.15) is 15.2 Å². The second-order valence-electron chi connectivity index (χ2n) is 6.31. The lowest BCUT2D eigenvalue weighted by Gasteiger charge is -2.19. The lowest BCUT2D eigenvalue weighted by Crippen LogP contribution is -2.32. The molecule has 0 saturated carbocycles. The Morgan fingerprint density at radius 2 is 2.05 bits per heavy atom. The van der Waals surface area contributed by atoms with Gasteiger partial charge in [0.2, 0.25) is 5.95 Å². The molecule has 8 heteroatoms. The lowest BCUT2D eigenvalue weighted by atomic mass is 10.1. The fraction of sp³-hybridized carbons (Fsp3) is 0.571. The zero-order valence-corrected chi connectivity index (χ0v) is 13.9. The van der Waals surface area contributed by atoms with Crippen LogP contribution in [0.2, 0.25) is 0 Å². The van der Waals surface area contributed by atoms with Crippen LogP contribution in [0.3, 0.4) is 0 Å². The summed E-state index contributed by atoms with van der Waals surface area (Å²) in [5.41, 5.74) is 1.80. The Bertz CT molecular complexity index is 665. The average Bonchev–Trinajstić information content (AvgIpc) is 2.95. The van der Waals surface area contributed by atoms with Crippen LogP contribution in [0.5, 0.6) is 0 Å². The van der Waals surface area contributed by atoms with Crippen LogP contribution in [-0.2, 0) is 12.6 Å². The van der Waals surface area contributed by atoms with Gasteiger partial charge in [-0.1, -0.05) is 0 Å². The Morgan fingerprint density at radius 3 is 2.55 bits per heavy atom. The molecular formula is C14H23N7O. The van der Waals surface area contributed by atoms with E-state index in [0.717, 1.165) is 11.3 Å². The summed E-state index contributed by atoms with van der Waals surface area (Å²) in [6.07, 6.45) is 3.36. The normalized spacial score (nSPS) is 13.0. The van der Waals surface area contributed by atoms with E-state index in [9.17, 15) is 4.79 Å². The number of rotatable bonds is 3. The Hall–Kier alpha value is -2.38. The predicted molar refractivity (Wildman–Crippen MR) is 83.5 cm³/mol. The molecule has 2 amide bonds. The molecule has 2 aromatic rings. The van der Waals surface area contributed by atoms with Crippen LogP contribution in [0.25, 0.3) is 0 Å². The molecule has 0 bridgehead atoms. The van der Waals surface area contributed by atoms with E-state index in [1.54, 1.807) is 7.05 Å². The third-order valence-electron chi connectivity index (χ3n) is 3.38. The maximum atomic E-state index is 12.0. The number of aryl methyl sites for hydroxylation is 2. The maximum absolute atomic E-state index is 12.0. The number of carbonyl (C=O) groups excluding carboxylic acids is 1. The van der Waals surface area contributed by atoms with Crippen LogP contribution in [0.4, 0.5) is 10.7 Å². The summed E-state index contributed by atoms with van der Waals surface area (Å²) in [6.45, 7) is 10.1. The minimum atomic E-state index is -0.327. The highest BCUT2D eigenvalue weighted by Crippen LogP contribution is 2.21. The van der Waals surface area contributed by atoms with Gasteiger partial charge in [-0.3, -0.25) is 10.00 Å². The molecule has 0 unspecified atom stereocenters. The number of amides is 2. The summed E-state index contributed by atoms with van der Waals surface area (Å²) in [6, 6.07) is -0.490. The Morgan fingerprint density at radius 1 is 1.36 bits per heavy atom. The van der Waals surface area contributed by atoms with E-state index in [1.165, 1.54) is 11.0 Å². The summed E-state index contributed by atoms with van der Waals surface area (Å²) in [5, 5.41) is 14.0. The van der Waals surface area contributed by atoms with Crippen LogP contribution in [-0.4, -0.2) is 30.6 Å². The van der Waals surface area contributed by atoms with Gasteiger partial charge in [0, 0.05) is 18.8 Å². The first-order chi connectivity index (χ1) is 10.2. The largest absolute Gasteiger partial charge is 0.331 e. The molecule has 2 rings (SSSR count). The van der Waals surface area contributed by atoms with Crippen molar-refractivity contribution in [2.45, 2.75) is 46.2 Å². The molecule has 0 radical (unpaired) electrons. The third kappa shape index (κ3) is 3.44. The minimum absolute atomic E-state index is 0.0936. The van der Waals surface area contributed by atoms with E-state index in [4.69, 9.17) is 0 Å². The molecule has 1 atom stereocenters. The van der Waals surface area contributed by atoms with E-state index >= 15 is 0 Å². The number of anilines is 1. The highest BCUT2D eigenvalue weighted by Gasteiger charge is 2.20. The van der Waals surface area contributed by atoms with E-state index in [0.29, 0.717) is 5.95 Å². The molecule has 8 nitrogen and oxygen atoms in total. The van der Waals surface area contributed by atoms with Gasteiger partial charge in [-0.05, 0) is 34.6 Å². The molecule has 0 aliphatic rings. The molecule has 2 N–H and O–H groups in total. The van der Waals surface area contributed by atoms with Crippen LogP contribution in [0.1, 0.15) is 45.0 Å². The molecular weight excluding hydrogens is 282 g/mol. The molecule has 0 saturated heterocycles. The monoisotopic (exact) mass is 305 g/mol. The number of hydrogen-bond acceptors (Lipinski definition) is 4. The fourth-order valence-electron chi connectivity index (χ4n) is 2.06. The van der Waals surface area contributed by atoms with Gasteiger partial charge in [-0.25, -0.2) is 9.48 Å². The zero-order valence-electron chi connectivity index (χ0n) is 13.9. The van der Waals surface area contributed by atoms with E-state index in [2.05, 4.69) is 46.6 Å². The van der Waals surface area contributed by atoms with Crippen molar-refractivity contribution in [3.63, 3.8) is 0 Å². The average molecular weight is 305 g/mol. The number of aromatic nitrogens is 5. The van der Waals surface area contributed by atoms with Crippen molar-refractivity contribution < 1.29 is 4.79 Å². The SMILES string of the molecule is Cc1nn(C(C)(C)C)cc1[C@@H](C)NC(=O)Nc1ncnn1C. The van der Waals surface area contributed by atoms with Crippen LogP contribution in [0.15, 0.2) is 12.5 Å². The number of nitrogens with zero attached hydrogens (tertiary/aromatic N) is 5. The van der Waals surface area contributed by atoms with Gasteiger partial charge in [0.05, 0.1) is 17.3 Å². The van der Waals surface area contributed by atoms with Crippen molar-refractivity contribution in [2.75, 3.05) is 5.32 Å². The molecule has 0 spiro atoms. The molecule has 0 fully saturated rings. The van der Waals surface area contributed by atoms with E-state index in [1.807, 2.05) is 24.7 Å². The summed E-state index contributed by atoms with van der Waals surface area (Å²) >= 11 is 0. The smallest absolute Gasteiger partial charge is 0.322 e. The summed E-state index contributed by atoms with van der Waals surface area (Å²) in [4.78, 5) is 16.0. The lowest BCUT2D eigenvalue weighted by molar-refractivity contribution is 0.249. The second-order valence-corrected chi connectivity index (χ2v) is 6.31. The van der Waals surface area contributed by atoms with Crippen molar-refractivity contribution in [1.82, 2.24) is 29.9 Å². The zero-order chi connectivity index (χ0) is 16.5. The number of hydrogen-bond donors (Lipinski definition) is 2. The second kappa shape index (κ2) is 5.78. The quantitative estimate of drug-likeness (QED) is 0.907. The Balaban J connectivity index is 2.06. The van der Waals surface area contributed by atoms with Crippen molar-refractivity contribution in [2.24, 2.45) is 7.05 Å². The maximum Gasteiger partial charge on any atom is 0.322 e. The molecule has 2 heterocycles. The van der Waals surface area contributed by atoms with Gasteiger partial charge in [0.15, 0.2) is 0 Å². The molecule has 0 aliphatic carbocycles. The van der Waals surface area contributed by atoms with Gasteiger partial charge in [0.25, 0.3) is 0 Å². The highest BCUT2D eigenvalue weighted by molar-refractivity contribution is 5.87. The molecule has 22 heavy (non-hydrogen) atoms. The fourth-order valence-corrected chi connectivity index (χ4v) is 2.06. The van der Waals surface area contributed by atoms with Gasteiger partial charge in [-0.15, -0.1) is 0 Å². The standard InChI is InChI=1S/C14H23N7O/c1-9(11-7-21(14(3,4)5)19-10(11)2)17-13(22)18-12-15-8-16-20(12)6/h7-9H,1-6H3,(H2,15,16,17,18,22)/t9-/m1/s1. The molecule has 0 aromatic carbocycles. The number of urea groups is 1. The summed E-state index contributed by atoms with van der Waals surface area (Å²) in [7, 11) is 1.71. The topological polar surface area (TPSA) is 89.7 Å². The van der Waals surface area contributed by atoms with Crippen LogP contribution < -0.4 is 10.6 Å². The molecule has 120 valence electrons. The highest BCUT2D eigenvalue weighted by atomic mass is 16.2.